The van der Waals surface area contributed by atoms with Crippen LogP contribution in [-0.4, -0.2) is 38.3 Å². The second-order valence-corrected chi connectivity index (χ2v) is 16.2. The fourth-order valence-electron chi connectivity index (χ4n) is 5.83. The normalized spacial score (nSPS) is 16.3. The summed E-state index contributed by atoms with van der Waals surface area (Å²) in [5, 5.41) is 22.1. The Bertz CT molecular complexity index is 1380. The molecule has 3 aromatic rings. The van der Waals surface area contributed by atoms with E-state index >= 15 is 0 Å². The Kier molecular flexibility index (Phi) is 10.4. The molecule has 0 bridgehead atoms. The Morgan fingerprint density at radius 3 is 2.24 bits per heavy atom. The average molecular weight is 585 g/mol. The molecule has 0 amide bonds. The van der Waals surface area contributed by atoms with E-state index in [4.69, 9.17) is 9.08 Å². The topological polar surface area (TPSA) is 58.9 Å². The van der Waals surface area contributed by atoms with Gasteiger partial charge in [-0.2, -0.15) is 0 Å². The number of phenolic OH excluding ortho intramolecular Hbond substituents is 1. The molecule has 0 saturated carbocycles. The highest BCUT2D eigenvalue weighted by Gasteiger charge is 2.50. The van der Waals surface area contributed by atoms with Crippen LogP contribution < -0.4 is 10.4 Å². The molecule has 1 unspecified atom stereocenters. The second-order valence-electron chi connectivity index (χ2n) is 11.9. The zero-order chi connectivity index (χ0) is 30.3. The predicted molar refractivity (Wildman–Crippen MR) is 174 cm³/mol. The van der Waals surface area contributed by atoms with Crippen LogP contribution in [0.1, 0.15) is 52.5 Å². The summed E-state index contributed by atoms with van der Waals surface area (Å²) in [6.07, 6.45) is 6.17. The number of hydrogen-bond donors (Lipinski definition) is 2. The Morgan fingerprint density at radius 1 is 1.07 bits per heavy atom. The number of aromatic hydroxyl groups is 1. The summed E-state index contributed by atoms with van der Waals surface area (Å²) in [5.74, 6) is -0.997. The maximum Gasteiger partial charge on any atom is 0.458 e. The van der Waals surface area contributed by atoms with E-state index in [9.17, 15) is 14.5 Å². The van der Waals surface area contributed by atoms with Gasteiger partial charge in [-0.3, -0.25) is 0 Å². The predicted octanol–water partition coefficient (Wildman–Crippen LogP) is 7.04. The van der Waals surface area contributed by atoms with Gasteiger partial charge >= 0.3 is 7.12 Å². The molecule has 7 heteroatoms. The number of rotatable bonds is 11. The summed E-state index contributed by atoms with van der Waals surface area (Å²) >= 11 is 0. The fourth-order valence-corrected chi connectivity index (χ4v) is 10.4. The van der Waals surface area contributed by atoms with Crippen molar-refractivity contribution < 1.29 is 23.6 Å². The lowest BCUT2D eigenvalue weighted by molar-refractivity contribution is 0.181. The highest BCUT2D eigenvalue weighted by Crippen LogP contribution is 2.38. The van der Waals surface area contributed by atoms with Crippen LogP contribution in [-0.2, 0) is 9.08 Å². The second kappa shape index (κ2) is 13.8. The number of allylic oxidation sites excluding steroid dienone is 2. The van der Waals surface area contributed by atoms with E-state index in [2.05, 4.69) is 82.8 Å². The van der Waals surface area contributed by atoms with E-state index < -0.39 is 21.3 Å². The van der Waals surface area contributed by atoms with Crippen molar-refractivity contribution in [1.29, 1.82) is 0 Å². The molecule has 42 heavy (non-hydrogen) atoms. The summed E-state index contributed by atoms with van der Waals surface area (Å²) in [6.45, 7) is 13.6. The third-order valence-electron chi connectivity index (χ3n) is 8.02. The molecule has 1 aliphatic heterocycles. The molecule has 220 valence electrons. The standard InChI is InChI=1S/C35H42BFO4Si/c1-6-27(23-28-17-19-33(38)32(37)24-28)18-20-34-31(21-22-36(39)41-34)26(2)25-40-42(35(3,4)5,29-13-9-7-10-14-29)30-15-11-8-12-16-30/h7-17,19,21,23-24,34,38-39H,2,6,18,20,22,25H2,1,3-5H3/b27-23+. The lowest BCUT2D eigenvalue weighted by atomic mass is 9.78. The fraction of sp³-hybridized carbons (Fsp3) is 0.314. The monoisotopic (exact) mass is 584 g/mol. The Labute approximate surface area is 251 Å². The van der Waals surface area contributed by atoms with Crippen LogP contribution in [0.15, 0.2) is 108 Å². The van der Waals surface area contributed by atoms with Crippen LogP contribution in [0.5, 0.6) is 5.75 Å². The zero-order valence-electron chi connectivity index (χ0n) is 25.1. The van der Waals surface area contributed by atoms with Crippen molar-refractivity contribution in [3.05, 3.63) is 120 Å². The van der Waals surface area contributed by atoms with Gasteiger partial charge in [0.2, 0.25) is 0 Å². The van der Waals surface area contributed by atoms with E-state index in [1.807, 2.05) is 24.3 Å². The number of phenols is 1. The molecular weight excluding hydrogens is 542 g/mol. The minimum Gasteiger partial charge on any atom is -0.505 e. The van der Waals surface area contributed by atoms with Crippen molar-refractivity contribution in [1.82, 2.24) is 0 Å². The summed E-state index contributed by atoms with van der Waals surface area (Å²) in [4.78, 5) is 0. The van der Waals surface area contributed by atoms with E-state index in [1.54, 1.807) is 6.07 Å². The third kappa shape index (κ3) is 7.21. The first-order chi connectivity index (χ1) is 20.0. The van der Waals surface area contributed by atoms with Crippen molar-refractivity contribution in [3.8, 4) is 5.75 Å². The average Bonchev–Trinajstić information content (AvgIpc) is 2.97. The Morgan fingerprint density at radius 2 is 1.69 bits per heavy atom. The lowest BCUT2D eigenvalue weighted by Crippen LogP contribution is -2.66. The van der Waals surface area contributed by atoms with Crippen molar-refractivity contribution in [3.63, 3.8) is 0 Å². The van der Waals surface area contributed by atoms with E-state index in [-0.39, 0.29) is 16.9 Å². The molecule has 0 radical (unpaired) electrons. The molecule has 1 atom stereocenters. The molecule has 0 aromatic heterocycles. The number of halogens is 1. The van der Waals surface area contributed by atoms with Crippen LogP contribution in [0.4, 0.5) is 4.39 Å². The minimum absolute atomic E-state index is 0.155. The molecule has 2 N–H and O–H groups in total. The first kappa shape index (κ1) is 31.7. The SMILES string of the molecule is C=C(CO[Si](c1ccccc1)(c1ccccc1)C(C)(C)C)C1=CCB(O)OC1CC/C(=C/c1ccc(O)c(F)c1)CC. The minimum atomic E-state index is -2.74. The molecule has 3 aromatic carbocycles. The first-order valence-corrected chi connectivity index (χ1v) is 16.6. The van der Waals surface area contributed by atoms with Gasteiger partial charge in [0, 0.05) is 6.32 Å². The van der Waals surface area contributed by atoms with Gasteiger partial charge < -0.3 is 19.2 Å². The third-order valence-corrected chi connectivity index (χ3v) is 13.0. The van der Waals surface area contributed by atoms with Gasteiger partial charge in [-0.15, -0.1) is 0 Å². The van der Waals surface area contributed by atoms with Crippen LogP contribution in [0.25, 0.3) is 6.08 Å². The maximum absolute atomic E-state index is 13.9. The zero-order valence-corrected chi connectivity index (χ0v) is 26.1. The molecule has 4 nitrogen and oxygen atoms in total. The maximum atomic E-state index is 13.9. The van der Waals surface area contributed by atoms with E-state index in [0.29, 0.717) is 31.3 Å². The van der Waals surface area contributed by atoms with Crippen molar-refractivity contribution in [2.45, 2.75) is 64.4 Å². The van der Waals surface area contributed by atoms with Crippen LogP contribution in [0, 0.1) is 5.82 Å². The number of hydrogen-bond acceptors (Lipinski definition) is 4. The van der Waals surface area contributed by atoms with Gasteiger partial charge in [-0.1, -0.05) is 119 Å². The quantitative estimate of drug-likeness (QED) is 0.237. The largest absolute Gasteiger partial charge is 0.505 e. The van der Waals surface area contributed by atoms with Crippen LogP contribution in [0.2, 0.25) is 11.4 Å². The number of benzene rings is 3. The molecular formula is C35H42BFO4Si. The van der Waals surface area contributed by atoms with Gasteiger partial charge in [0.15, 0.2) is 11.6 Å². The Balaban J connectivity index is 1.56. The first-order valence-electron chi connectivity index (χ1n) is 14.7. The van der Waals surface area contributed by atoms with Gasteiger partial charge in [-0.05, 0) is 63.5 Å². The molecule has 0 fully saturated rings. The molecule has 0 aliphatic carbocycles. The van der Waals surface area contributed by atoms with Crippen molar-refractivity contribution in [2.24, 2.45) is 0 Å². The summed E-state index contributed by atoms with van der Waals surface area (Å²) in [7, 11) is -3.61. The lowest BCUT2D eigenvalue weighted by Gasteiger charge is -2.43. The van der Waals surface area contributed by atoms with E-state index in [0.717, 1.165) is 23.1 Å². The smallest absolute Gasteiger partial charge is 0.458 e. The van der Waals surface area contributed by atoms with Crippen molar-refractivity contribution in [2.75, 3.05) is 6.61 Å². The summed E-state index contributed by atoms with van der Waals surface area (Å²) < 4.78 is 27.0. The molecule has 1 aliphatic rings. The van der Waals surface area contributed by atoms with Gasteiger partial charge in [0.25, 0.3) is 8.32 Å². The van der Waals surface area contributed by atoms with Crippen molar-refractivity contribution >= 4 is 31.9 Å². The van der Waals surface area contributed by atoms with Gasteiger partial charge in [0.05, 0.1) is 12.7 Å². The molecule has 1 heterocycles. The molecule has 4 rings (SSSR count). The van der Waals surface area contributed by atoms with Crippen LogP contribution >= 0.6 is 0 Å². The highest BCUT2D eigenvalue weighted by molar-refractivity contribution is 6.99. The highest BCUT2D eigenvalue weighted by atomic mass is 28.4. The molecule has 0 saturated heterocycles. The Hall–Kier alpha value is -3.23. The molecule has 0 spiro atoms. The van der Waals surface area contributed by atoms with Gasteiger partial charge in [0.1, 0.15) is 0 Å². The summed E-state index contributed by atoms with van der Waals surface area (Å²) in [6, 6.07) is 25.5. The van der Waals surface area contributed by atoms with Gasteiger partial charge in [-0.25, -0.2) is 4.39 Å². The summed E-state index contributed by atoms with van der Waals surface area (Å²) in [5.41, 5.74) is 3.63. The van der Waals surface area contributed by atoms with E-state index in [1.165, 1.54) is 22.5 Å². The van der Waals surface area contributed by atoms with Crippen LogP contribution in [0.3, 0.4) is 0 Å².